The van der Waals surface area contributed by atoms with E-state index in [2.05, 4.69) is 50.1 Å². The standard InChI is InChI=1S/C10H11NS.C3H8/c1-2-8-4-3-5-10-9(6-8)11-7-12-10;1-3-2/h3-8H,2H2,1H3;3H2,1-2H3. The van der Waals surface area contributed by atoms with Crippen LogP contribution in [0.3, 0.4) is 0 Å². The number of allylic oxidation sites excluding steroid dienone is 2. The van der Waals surface area contributed by atoms with Crippen LogP contribution in [-0.4, -0.2) is 4.98 Å². The molecule has 15 heavy (non-hydrogen) atoms. The second-order valence-corrected chi connectivity index (χ2v) is 4.49. The molecule has 1 heterocycles. The summed E-state index contributed by atoms with van der Waals surface area (Å²) in [6, 6.07) is 0. The average molecular weight is 221 g/mol. The Balaban J connectivity index is 0.000000337. The summed E-state index contributed by atoms with van der Waals surface area (Å²) in [6.45, 7) is 6.45. The molecule has 2 rings (SSSR count). The first-order valence-electron chi connectivity index (χ1n) is 5.61. The molecule has 1 unspecified atom stereocenters. The molecule has 0 aliphatic heterocycles. The van der Waals surface area contributed by atoms with Crippen LogP contribution >= 0.6 is 11.3 Å². The number of thiazole rings is 1. The molecule has 0 radical (unpaired) electrons. The molecule has 1 atom stereocenters. The highest BCUT2D eigenvalue weighted by molar-refractivity contribution is 7.07. The van der Waals surface area contributed by atoms with Crippen molar-refractivity contribution >= 4 is 23.5 Å². The Bertz CT molecular complexity index is 414. The molecular formula is C13H19NS. The van der Waals surface area contributed by atoms with Crippen LogP contribution in [0.1, 0.15) is 33.6 Å². The van der Waals surface area contributed by atoms with E-state index in [1.165, 1.54) is 11.0 Å². The van der Waals surface area contributed by atoms with Crippen molar-refractivity contribution in [2.45, 2.75) is 33.6 Å². The van der Waals surface area contributed by atoms with Gasteiger partial charge in [-0.3, -0.25) is 0 Å². The second-order valence-electron chi connectivity index (χ2n) is 3.60. The Labute approximate surface area is 95.9 Å². The molecule has 1 aliphatic rings. The summed E-state index contributed by atoms with van der Waals surface area (Å²) in [4.78, 5) is 4.31. The third kappa shape index (κ3) is 3.63. The van der Waals surface area contributed by atoms with Gasteiger partial charge in [-0.1, -0.05) is 45.4 Å². The predicted molar refractivity (Wildman–Crippen MR) is 69.2 cm³/mol. The normalized spacial score (nSPS) is 17.7. The first-order valence-corrected chi connectivity index (χ1v) is 6.49. The molecule has 0 spiro atoms. The molecule has 0 fully saturated rings. The lowest BCUT2D eigenvalue weighted by atomic mass is 10.1. The molecule has 1 aliphatic carbocycles. The van der Waals surface area contributed by atoms with Gasteiger partial charge in [0.25, 0.3) is 0 Å². The maximum atomic E-state index is 4.31. The van der Waals surface area contributed by atoms with Gasteiger partial charge in [0.05, 0.1) is 15.4 Å². The van der Waals surface area contributed by atoms with Gasteiger partial charge in [-0.2, -0.15) is 0 Å². The van der Waals surface area contributed by atoms with Crippen molar-refractivity contribution in [2.24, 2.45) is 5.92 Å². The van der Waals surface area contributed by atoms with Gasteiger partial charge in [0.1, 0.15) is 0 Å². The van der Waals surface area contributed by atoms with Crippen LogP contribution < -0.4 is 9.88 Å². The van der Waals surface area contributed by atoms with Crippen molar-refractivity contribution in [1.29, 1.82) is 0 Å². The number of hydrogen-bond donors (Lipinski definition) is 0. The summed E-state index contributed by atoms with van der Waals surface area (Å²) in [6.07, 6.45) is 11.1. The molecule has 2 heteroatoms. The summed E-state index contributed by atoms with van der Waals surface area (Å²) in [5, 5.41) is 1.15. The van der Waals surface area contributed by atoms with E-state index in [-0.39, 0.29) is 0 Å². The number of nitrogens with zero attached hydrogens (tertiary/aromatic N) is 1. The molecule has 0 saturated carbocycles. The summed E-state index contributed by atoms with van der Waals surface area (Å²) >= 11 is 1.70. The molecule has 0 saturated heterocycles. The van der Waals surface area contributed by atoms with Crippen molar-refractivity contribution < 1.29 is 0 Å². The van der Waals surface area contributed by atoms with Crippen LogP contribution in [0, 0.1) is 5.92 Å². The van der Waals surface area contributed by atoms with E-state index in [0.29, 0.717) is 5.92 Å². The zero-order chi connectivity index (χ0) is 11.1. The first kappa shape index (κ1) is 12.2. The molecule has 0 amide bonds. The molecule has 1 nitrogen and oxygen atoms in total. The maximum absolute atomic E-state index is 4.31. The fourth-order valence-corrected chi connectivity index (χ4v) is 1.99. The fourth-order valence-electron chi connectivity index (χ4n) is 1.31. The van der Waals surface area contributed by atoms with Gasteiger partial charge in [-0.15, -0.1) is 11.3 Å². The number of rotatable bonds is 1. The summed E-state index contributed by atoms with van der Waals surface area (Å²) in [5.41, 5.74) is 1.91. The predicted octanol–water partition coefficient (Wildman–Crippen LogP) is 2.72. The van der Waals surface area contributed by atoms with Gasteiger partial charge in [0.15, 0.2) is 0 Å². The van der Waals surface area contributed by atoms with Crippen molar-refractivity contribution in [1.82, 2.24) is 4.98 Å². The minimum Gasteiger partial charge on any atom is -0.245 e. The molecule has 1 aromatic rings. The van der Waals surface area contributed by atoms with E-state index in [1.54, 1.807) is 11.3 Å². The van der Waals surface area contributed by atoms with Gasteiger partial charge >= 0.3 is 0 Å². The second kappa shape index (κ2) is 6.57. The van der Waals surface area contributed by atoms with Gasteiger partial charge in [0.2, 0.25) is 0 Å². The van der Waals surface area contributed by atoms with Crippen LogP contribution in [0.5, 0.6) is 0 Å². The molecule has 82 valence electrons. The van der Waals surface area contributed by atoms with Gasteiger partial charge < -0.3 is 0 Å². The van der Waals surface area contributed by atoms with Crippen LogP contribution in [0.25, 0.3) is 12.2 Å². The SMILES string of the molecule is CCC.CCC1C=CC=c2scnc2=C1. The lowest BCUT2D eigenvalue weighted by Crippen LogP contribution is -2.20. The van der Waals surface area contributed by atoms with E-state index in [4.69, 9.17) is 0 Å². The molecule has 1 aromatic heterocycles. The minimum atomic E-state index is 0.560. The van der Waals surface area contributed by atoms with E-state index in [1.807, 2.05) is 5.51 Å². The fraction of sp³-hybridized carbons (Fsp3) is 0.462. The Hall–Kier alpha value is -0.890. The van der Waals surface area contributed by atoms with Gasteiger partial charge in [-0.25, -0.2) is 4.98 Å². The van der Waals surface area contributed by atoms with Crippen molar-refractivity contribution in [3.63, 3.8) is 0 Å². The summed E-state index contributed by atoms with van der Waals surface area (Å²) < 4.78 is 1.28. The Morgan fingerprint density at radius 2 is 2.07 bits per heavy atom. The zero-order valence-corrected chi connectivity index (χ0v) is 10.6. The Kier molecular flexibility index (Phi) is 5.33. The van der Waals surface area contributed by atoms with Crippen LogP contribution in [0.4, 0.5) is 0 Å². The third-order valence-electron chi connectivity index (χ3n) is 2.07. The quantitative estimate of drug-likeness (QED) is 0.710. The zero-order valence-electron chi connectivity index (χ0n) is 9.73. The highest BCUT2D eigenvalue weighted by Crippen LogP contribution is 2.06. The Morgan fingerprint density at radius 3 is 2.73 bits per heavy atom. The van der Waals surface area contributed by atoms with Crippen LogP contribution in [-0.2, 0) is 0 Å². The minimum absolute atomic E-state index is 0.560. The topological polar surface area (TPSA) is 12.9 Å². The summed E-state index contributed by atoms with van der Waals surface area (Å²) in [7, 11) is 0. The Morgan fingerprint density at radius 1 is 1.33 bits per heavy atom. The van der Waals surface area contributed by atoms with Gasteiger partial charge in [-0.05, 0) is 18.4 Å². The molecular weight excluding hydrogens is 202 g/mol. The summed E-state index contributed by atoms with van der Waals surface area (Å²) in [5.74, 6) is 0.560. The first-order chi connectivity index (χ1) is 7.31. The molecule has 0 aromatic carbocycles. The third-order valence-corrected chi connectivity index (χ3v) is 2.88. The lowest BCUT2D eigenvalue weighted by molar-refractivity contribution is 0.811. The smallest absolute Gasteiger partial charge is 0.0805 e. The van der Waals surface area contributed by atoms with Crippen LogP contribution in [0.2, 0.25) is 0 Å². The van der Waals surface area contributed by atoms with E-state index >= 15 is 0 Å². The molecule has 0 bridgehead atoms. The van der Waals surface area contributed by atoms with E-state index in [0.717, 1.165) is 11.8 Å². The lowest BCUT2D eigenvalue weighted by Gasteiger charge is -1.98. The van der Waals surface area contributed by atoms with Crippen molar-refractivity contribution in [2.75, 3.05) is 0 Å². The van der Waals surface area contributed by atoms with Crippen LogP contribution in [0.15, 0.2) is 17.7 Å². The van der Waals surface area contributed by atoms with E-state index in [9.17, 15) is 0 Å². The number of aromatic nitrogens is 1. The maximum Gasteiger partial charge on any atom is 0.0805 e. The van der Waals surface area contributed by atoms with E-state index < -0.39 is 0 Å². The average Bonchev–Trinajstić information content (AvgIpc) is 2.57. The van der Waals surface area contributed by atoms with Crippen molar-refractivity contribution in [3.05, 3.63) is 27.5 Å². The molecule has 0 N–H and O–H groups in total. The highest BCUT2D eigenvalue weighted by Gasteiger charge is 1.99. The largest absolute Gasteiger partial charge is 0.245 e. The highest BCUT2D eigenvalue weighted by atomic mass is 32.1. The van der Waals surface area contributed by atoms with Gasteiger partial charge in [0, 0.05) is 0 Å². The number of hydrogen-bond acceptors (Lipinski definition) is 2. The van der Waals surface area contributed by atoms with Crippen molar-refractivity contribution in [3.8, 4) is 0 Å². The number of fused-ring (bicyclic) bond motifs is 1. The monoisotopic (exact) mass is 221 g/mol.